The van der Waals surface area contributed by atoms with Crippen LogP contribution in [0.2, 0.25) is 0 Å². The highest BCUT2D eigenvalue weighted by Crippen LogP contribution is 1.89. The Bertz CT molecular complexity index is 246. The molecule has 4 nitrogen and oxygen atoms in total. The van der Waals surface area contributed by atoms with Crippen LogP contribution >= 0.6 is 0 Å². The van der Waals surface area contributed by atoms with E-state index in [4.69, 9.17) is 10.6 Å². The molecule has 4 heteroatoms. The SMILES string of the molecule is [2H]C1([2H])NCCN(CC(=O)O)C1([2H])[2H]. The normalized spacial score (nSPS) is 36.8. The number of nitrogens with one attached hydrogen (secondary N) is 1. The van der Waals surface area contributed by atoms with E-state index in [9.17, 15) is 4.79 Å². The second-order valence-corrected chi connectivity index (χ2v) is 1.98. The average Bonchev–Trinajstić information content (AvgIpc) is 1.98. The minimum Gasteiger partial charge on any atom is -0.480 e. The van der Waals surface area contributed by atoms with Gasteiger partial charge < -0.3 is 10.4 Å². The molecule has 1 aliphatic rings. The van der Waals surface area contributed by atoms with Crippen LogP contribution in [0.15, 0.2) is 0 Å². The van der Waals surface area contributed by atoms with E-state index in [0.717, 1.165) is 4.90 Å². The van der Waals surface area contributed by atoms with Crippen LogP contribution in [0.4, 0.5) is 0 Å². The quantitative estimate of drug-likeness (QED) is 0.526. The number of carboxylic acids is 1. The molecule has 58 valence electrons. The van der Waals surface area contributed by atoms with Gasteiger partial charge >= 0.3 is 5.97 Å². The minimum atomic E-state index is -2.30. The molecule has 1 rings (SSSR count). The molecule has 1 saturated heterocycles. The zero-order valence-corrected chi connectivity index (χ0v) is 5.42. The van der Waals surface area contributed by atoms with Gasteiger partial charge in [-0.15, -0.1) is 0 Å². The Morgan fingerprint density at radius 2 is 2.70 bits per heavy atom. The molecule has 0 spiro atoms. The maximum Gasteiger partial charge on any atom is 0.317 e. The van der Waals surface area contributed by atoms with Gasteiger partial charge in [-0.2, -0.15) is 0 Å². The molecule has 0 atom stereocenters. The average molecular weight is 148 g/mol. The molecule has 0 aliphatic carbocycles. The van der Waals surface area contributed by atoms with Crippen LogP contribution in [0, 0.1) is 0 Å². The fourth-order valence-electron chi connectivity index (χ4n) is 0.710. The molecule has 1 aliphatic heterocycles. The fraction of sp³-hybridized carbons (Fsp3) is 0.833. The third kappa shape index (κ3) is 2.33. The van der Waals surface area contributed by atoms with Crippen LogP contribution in [-0.2, 0) is 4.79 Å². The van der Waals surface area contributed by atoms with Gasteiger partial charge in [0.1, 0.15) is 0 Å². The van der Waals surface area contributed by atoms with Crippen molar-refractivity contribution in [1.82, 2.24) is 10.2 Å². The lowest BCUT2D eigenvalue weighted by Crippen LogP contribution is -2.45. The highest BCUT2D eigenvalue weighted by Gasteiger charge is 2.11. The predicted molar refractivity (Wildman–Crippen MR) is 36.9 cm³/mol. The number of piperazine rings is 1. The molecule has 0 bridgehead atoms. The summed E-state index contributed by atoms with van der Waals surface area (Å²) in [6.07, 6.45) is 0. The van der Waals surface area contributed by atoms with Gasteiger partial charge in [-0.3, -0.25) is 9.69 Å². The molecular weight excluding hydrogens is 132 g/mol. The van der Waals surface area contributed by atoms with Crippen LogP contribution < -0.4 is 5.32 Å². The summed E-state index contributed by atoms with van der Waals surface area (Å²) in [7, 11) is 0. The molecule has 1 heterocycles. The van der Waals surface area contributed by atoms with Gasteiger partial charge in [0, 0.05) is 31.6 Å². The van der Waals surface area contributed by atoms with Crippen molar-refractivity contribution in [3.63, 3.8) is 0 Å². The molecule has 0 radical (unpaired) electrons. The smallest absolute Gasteiger partial charge is 0.317 e. The Labute approximate surface area is 65.4 Å². The third-order valence-corrected chi connectivity index (χ3v) is 1.14. The zero-order valence-electron chi connectivity index (χ0n) is 9.42. The molecule has 1 fully saturated rings. The molecule has 0 aromatic carbocycles. The topological polar surface area (TPSA) is 52.6 Å². The van der Waals surface area contributed by atoms with Gasteiger partial charge in [0.25, 0.3) is 0 Å². The molecule has 10 heavy (non-hydrogen) atoms. The largest absolute Gasteiger partial charge is 0.480 e. The summed E-state index contributed by atoms with van der Waals surface area (Å²) in [4.78, 5) is 11.4. The van der Waals surface area contributed by atoms with Crippen LogP contribution in [0.3, 0.4) is 0 Å². The Morgan fingerprint density at radius 1 is 1.90 bits per heavy atom. The number of hydrogen-bond acceptors (Lipinski definition) is 3. The maximum atomic E-state index is 10.4. The number of carboxylic acid groups (broad SMARTS) is 1. The molecule has 0 aromatic rings. The summed E-state index contributed by atoms with van der Waals surface area (Å²) in [5.41, 5.74) is 0. The number of carbonyl (C=O) groups is 1. The molecule has 0 aromatic heterocycles. The first-order valence-corrected chi connectivity index (χ1v) is 2.99. The zero-order chi connectivity index (χ0) is 11.0. The van der Waals surface area contributed by atoms with Gasteiger partial charge in [0.05, 0.1) is 6.54 Å². The lowest BCUT2D eigenvalue weighted by Gasteiger charge is -2.25. The third-order valence-electron chi connectivity index (χ3n) is 1.14. The predicted octanol–water partition coefficient (Wildman–Crippen LogP) is -1.02. The monoisotopic (exact) mass is 148 g/mol. The van der Waals surface area contributed by atoms with E-state index in [0.29, 0.717) is 0 Å². The molecule has 2 N–H and O–H groups in total. The lowest BCUT2D eigenvalue weighted by atomic mass is 10.3. The van der Waals surface area contributed by atoms with E-state index in [-0.39, 0.29) is 13.1 Å². The molecule has 0 unspecified atom stereocenters. The van der Waals surface area contributed by atoms with Crippen molar-refractivity contribution in [1.29, 1.82) is 0 Å². The molecule has 0 saturated carbocycles. The summed E-state index contributed by atoms with van der Waals surface area (Å²) in [6.45, 7) is -4.60. The Morgan fingerprint density at radius 3 is 3.40 bits per heavy atom. The highest BCUT2D eigenvalue weighted by molar-refractivity contribution is 5.69. The second-order valence-electron chi connectivity index (χ2n) is 1.98. The van der Waals surface area contributed by atoms with Crippen molar-refractivity contribution in [2.45, 2.75) is 0 Å². The highest BCUT2D eigenvalue weighted by atomic mass is 16.4. The Hall–Kier alpha value is -0.610. The van der Waals surface area contributed by atoms with Crippen LogP contribution in [0.5, 0.6) is 0 Å². The van der Waals surface area contributed by atoms with E-state index in [1.807, 2.05) is 0 Å². The molecule has 0 amide bonds. The van der Waals surface area contributed by atoms with E-state index in [1.165, 1.54) is 0 Å². The van der Waals surface area contributed by atoms with E-state index < -0.39 is 25.5 Å². The summed E-state index contributed by atoms with van der Waals surface area (Å²) in [5, 5.41) is 10.9. The number of rotatable bonds is 2. The summed E-state index contributed by atoms with van der Waals surface area (Å²) >= 11 is 0. The van der Waals surface area contributed by atoms with Crippen molar-refractivity contribution < 1.29 is 15.4 Å². The fourth-order valence-corrected chi connectivity index (χ4v) is 0.710. The van der Waals surface area contributed by atoms with Gasteiger partial charge in [0.15, 0.2) is 0 Å². The number of aliphatic carboxylic acids is 1. The van der Waals surface area contributed by atoms with Gasteiger partial charge in [-0.1, -0.05) is 0 Å². The second kappa shape index (κ2) is 3.53. The van der Waals surface area contributed by atoms with Crippen LogP contribution in [-0.4, -0.2) is 48.6 Å². The Balaban J connectivity index is 2.81. The lowest BCUT2D eigenvalue weighted by molar-refractivity contribution is -0.138. The number of nitrogens with zero attached hydrogens (tertiary/aromatic N) is 1. The van der Waals surface area contributed by atoms with Crippen molar-refractivity contribution >= 4 is 5.97 Å². The van der Waals surface area contributed by atoms with Crippen molar-refractivity contribution in [3.8, 4) is 0 Å². The van der Waals surface area contributed by atoms with Crippen LogP contribution in [0.1, 0.15) is 5.48 Å². The van der Waals surface area contributed by atoms with Crippen molar-refractivity contribution in [2.24, 2.45) is 0 Å². The standard InChI is InChI=1S/C6H12N2O2/c9-6(10)5-8-3-1-7-2-4-8/h7H,1-5H2,(H,9,10)/i1D2,3D2. The van der Waals surface area contributed by atoms with Crippen LogP contribution in [0.25, 0.3) is 0 Å². The van der Waals surface area contributed by atoms with Gasteiger partial charge in [-0.05, 0) is 0 Å². The van der Waals surface area contributed by atoms with Crippen molar-refractivity contribution in [3.05, 3.63) is 0 Å². The van der Waals surface area contributed by atoms with Gasteiger partial charge in [0.2, 0.25) is 0 Å². The Kier molecular flexibility index (Phi) is 1.30. The van der Waals surface area contributed by atoms with E-state index in [2.05, 4.69) is 5.32 Å². The van der Waals surface area contributed by atoms with E-state index in [1.54, 1.807) is 0 Å². The van der Waals surface area contributed by atoms with Crippen molar-refractivity contribution in [2.75, 3.05) is 32.6 Å². The summed E-state index contributed by atoms with van der Waals surface area (Å²) < 4.78 is 29.6. The first-order valence-electron chi connectivity index (χ1n) is 4.99. The first-order chi connectivity index (χ1) is 6.27. The molecular formula is C6H12N2O2. The van der Waals surface area contributed by atoms with E-state index >= 15 is 0 Å². The maximum absolute atomic E-state index is 10.4. The number of hydrogen-bond donors (Lipinski definition) is 2. The summed E-state index contributed by atoms with van der Waals surface area (Å²) in [5.74, 6) is -1.16. The first kappa shape index (κ1) is 3.69. The van der Waals surface area contributed by atoms with Gasteiger partial charge in [-0.25, -0.2) is 0 Å². The summed E-state index contributed by atoms with van der Waals surface area (Å²) in [6, 6.07) is 0. The minimum absolute atomic E-state index is 0.179.